The number of nitrogens with one attached hydrogen (secondary N) is 1. The normalized spacial score (nSPS) is 20.9. The first-order valence-corrected chi connectivity index (χ1v) is 9.24. The summed E-state index contributed by atoms with van der Waals surface area (Å²) in [6.07, 6.45) is 7.97. The second-order valence-electron chi connectivity index (χ2n) is 7.34. The van der Waals surface area contributed by atoms with Gasteiger partial charge < -0.3 is 15.8 Å². The molecule has 1 saturated carbocycles. The van der Waals surface area contributed by atoms with Gasteiger partial charge in [-0.2, -0.15) is 0 Å². The van der Waals surface area contributed by atoms with E-state index >= 15 is 0 Å². The predicted octanol–water partition coefficient (Wildman–Crippen LogP) is 3.32. The third-order valence-electron chi connectivity index (χ3n) is 5.51. The van der Waals surface area contributed by atoms with Crippen molar-refractivity contribution < 1.29 is 9.53 Å². The summed E-state index contributed by atoms with van der Waals surface area (Å²) in [4.78, 5) is 20.9. The maximum atomic E-state index is 12.9. The van der Waals surface area contributed by atoms with Crippen LogP contribution in [-0.4, -0.2) is 21.5 Å². The molecular formula is C20H24N4O2. The first-order chi connectivity index (χ1) is 12.6. The zero-order valence-electron chi connectivity index (χ0n) is 15.0. The maximum Gasteiger partial charge on any atom is 0.255 e. The van der Waals surface area contributed by atoms with Crippen LogP contribution in [-0.2, 0) is 0 Å². The molecule has 1 aliphatic heterocycles. The Kier molecular flexibility index (Phi) is 4.26. The zero-order valence-corrected chi connectivity index (χ0v) is 15.0. The van der Waals surface area contributed by atoms with E-state index in [-0.39, 0.29) is 23.5 Å². The van der Waals surface area contributed by atoms with E-state index in [0.717, 1.165) is 30.6 Å². The molecule has 0 bridgehead atoms. The van der Waals surface area contributed by atoms with Gasteiger partial charge in [0, 0.05) is 18.2 Å². The minimum absolute atomic E-state index is 0.0810. The lowest BCUT2D eigenvalue weighted by atomic mass is 9.77. The van der Waals surface area contributed by atoms with Crippen LogP contribution in [0.25, 0.3) is 0 Å². The number of nitrogens with two attached hydrogens (primary N) is 1. The van der Waals surface area contributed by atoms with Crippen LogP contribution in [0.5, 0.6) is 5.75 Å². The van der Waals surface area contributed by atoms with Gasteiger partial charge in [0.2, 0.25) is 5.95 Å². The molecule has 1 amide bonds. The van der Waals surface area contributed by atoms with E-state index in [1.807, 2.05) is 24.3 Å². The van der Waals surface area contributed by atoms with E-state index in [2.05, 4.69) is 15.3 Å². The Morgan fingerprint density at radius 2 is 2.04 bits per heavy atom. The summed E-state index contributed by atoms with van der Waals surface area (Å²) in [6.45, 7) is 1.77. The Labute approximate surface area is 153 Å². The number of benzene rings is 1. The summed E-state index contributed by atoms with van der Waals surface area (Å²) >= 11 is 0. The molecule has 1 spiro atoms. The van der Waals surface area contributed by atoms with E-state index in [9.17, 15) is 4.79 Å². The van der Waals surface area contributed by atoms with Gasteiger partial charge in [0.1, 0.15) is 11.4 Å². The molecule has 6 nitrogen and oxygen atoms in total. The Morgan fingerprint density at radius 3 is 2.81 bits per heavy atom. The highest BCUT2D eigenvalue weighted by Gasteiger charge is 2.42. The zero-order chi connectivity index (χ0) is 18.1. The minimum atomic E-state index is -0.171. The smallest absolute Gasteiger partial charge is 0.255 e. The summed E-state index contributed by atoms with van der Waals surface area (Å²) in [7, 11) is 0. The quantitative estimate of drug-likeness (QED) is 0.865. The highest BCUT2D eigenvalue weighted by Crippen LogP contribution is 2.46. The number of aromatic nitrogens is 2. The standard InChI is InChI=1S/C20H24N4O2/c1-13-15(12-22-19(21)23-13)18(25)24-16-11-20(9-5-2-6-10-20)26-17-8-4-3-7-14(16)17/h3-4,7-8,12,16H,2,5-6,9-11H2,1H3,(H,24,25)(H2,21,22,23). The van der Waals surface area contributed by atoms with Gasteiger partial charge in [-0.15, -0.1) is 0 Å². The molecule has 1 aromatic carbocycles. The number of ether oxygens (including phenoxy) is 1. The molecule has 3 N–H and O–H groups in total. The molecule has 136 valence electrons. The number of hydrogen-bond donors (Lipinski definition) is 2. The van der Waals surface area contributed by atoms with Crippen LogP contribution >= 0.6 is 0 Å². The molecule has 26 heavy (non-hydrogen) atoms. The lowest BCUT2D eigenvalue weighted by Gasteiger charge is -2.44. The van der Waals surface area contributed by atoms with Crippen molar-refractivity contribution >= 4 is 11.9 Å². The molecular weight excluding hydrogens is 328 g/mol. The topological polar surface area (TPSA) is 90.1 Å². The van der Waals surface area contributed by atoms with Gasteiger partial charge in [0.05, 0.1) is 17.3 Å². The largest absolute Gasteiger partial charge is 0.487 e. The lowest BCUT2D eigenvalue weighted by molar-refractivity contribution is -0.00210. The van der Waals surface area contributed by atoms with Crippen molar-refractivity contribution in [2.75, 3.05) is 5.73 Å². The lowest BCUT2D eigenvalue weighted by Crippen LogP contribution is -2.46. The molecule has 2 aromatic rings. The van der Waals surface area contributed by atoms with Gasteiger partial charge in [-0.05, 0) is 38.7 Å². The van der Waals surface area contributed by atoms with Gasteiger partial charge >= 0.3 is 0 Å². The van der Waals surface area contributed by atoms with Crippen LogP contribution in [0.4, 0.5) is 5.95 Å². The van der Waals surface area contributed by atoms with Crippen molar-refractivity contribution in [2.45, 2.75) is 57.1 Å². The predicted molar refractivity (Wildman–Crippen MR) is 98.9 cm³/mol. The van der Waals surface area contributed by atoms with Crippen LogP contribution < -0.4 is 15.8 Å². The van der Waals surface area contributed by atoms with Crippen LogP contribution in [0.2, 0.25) is 0 Å². The van der Waals surface area contributed by atoms with Gasteiger partial charge in [0.15, 0.2) is 0 Å². The first kappa shape index (κ1) is 16.8. The van der Waals surface area contributed by atoms with E-state index in [1.165, 1.54) is 25.5 Å². The molecule has 6 heteroatoms. The van der Waals surface area contributed by atoms with Gasteiger partial charge in [0.25, 0.3) is 5.91 Å². The van der Waals surface area contributed by atoms with Crippen LogP contribution in [0, 0.1) is 6.92 Å². The van der Waals surface area contributed by atoms with Gasteiger partial charge in [-0.25, -0.2) is 9.97 Å². The number of para-hydroxylation sites is 1. The molecule has 0 radical (unpaired) electrons. The van der Waals surface area contributed by atoms with Crippen molar-refractivity contribution in [1.82, 2.24) is 15.3 Å². The molecule has 1 unspecified atom stereocenters. The summed E-state index contributed by atoms with van der Waals surface area (Å²) in [5.41, 5.74) is 7.51. The average Bonchev–Trinajstić information content (AvgIpc) is 2.62. The Balaban J connectivity index is 1.62. The van der Waals surface area contributed by atoms with E-state index in [4.69, 9.17) is 10.5 Å². The summed E-state index contributed by atoms with van der Waals surface area (Å²) in [5, 5.41) is 3.18. The number of carbonyl (C=O) groups excluding carboxylic acids is 1. The number of fused-ring (bicyclic) bond motifs is 1. The molecule has 1 atom stereocenters. The fourth-order valence-electron chi connectivity index (χ4n) is 4.19. The number of nitrogens with zero attached hydrogens (tertiary/aromatic N) is 2. The first-order valence-electron chi connectivity index (χ1n) is 9.24. The molecule has 2 aliphatic rings. The van der Waals surface area contributed by atoms with Crippen LogP contribution in [0.1, 0.15) is 66.2 Å². The van der Waals surface area contributed by atoms with Crippen LogP contribution in [0.3, 0.4) is 0 Å². The fraction of sp³-hybridized carbons (Fsp3) is 0.450. The minimum Gasteiger partial charge on any atom is -0.487 e. The highest BCUT2D eigenvalue weighted by atomic mass is 16.5. The number of nitrogen functional groups attached to an aromatic ring is 1. The third-order valence-corrected chi connectivity index (χ3v) is 5.51. The number of anilines is 1. The van der Waals surface area contributed by atoms with Crippen molar-refractivity contribution in [2.24, 2.45) is 0 Å². The molecule has 2 heterocycles. The third kappa shape index (κ3) is 3.11. The van der Waals surface area contributed by atoms with Crippen molar-refractivity contribution in [3.63, 3.8) is 0 Å². The Bertz CT molecular complexity index is 830. The fourth-order valence-corrected chi connectivity index (χ4v) is 4.19. The average molecular weight is 352 g/mol. The second-order valence-corrected chi connectivity index (χ2v) is 7.34. The highest BCUT2D eigenvalue weighted by molar-refractivity contribution is 5.95. The maximum absolute atomic E-state index is 12.9. The Morgan fingerprint density at radius 1 is 1.27 bits per heavy atom. The molecule has 4 rings (SSSR count). The Hall–Kier alpha value is -2.63. The van der Waals surface area contributed by atoms with E-state index in [0.29, 0.717) is 11.3 Å². The number of carbonyl (C=O) groups is 1. The summed E-state index contributed by atoms with van der Waals surface area (Å²) < 4.78 is 6.42. The molecule has 1 aliphatic carbocycles. The summed E-state index contributed by atoms with van der Waals surface area (Å²) in [6, 6.07) is 7.92. The van der Waals surface area contributed by atoms with Crippen LogP contribution in [0.15, 0.2) is 30.5 Å². The monoisotopic (exact) mass is 352 g/mol. The van der Waals surface area contributed by atoms with E-state index in [1.54, 1.807) is 6.92 Å². The number of hydrogen-bond acceptors (Lipinski definition) is 5. The second kappa shape index (κ2) is 6.59. The number of amides is 1. The molecule has 1 fully saturated rings. The van der Waals surface area contributed by atoms with E-state index < -0.39 is 0 Å². The van der Waals surface area contributed by atoms with Crippen molar-refractivity contribution in [3.05, 3.63) is 47.3 Å². The van der Waals surface area contributed by atoms with Gasteiger partial charge in [-0.3, -0.25) is 4.79 Å². The number of rotatable bonds is 2. The van der Waals surface area contributed by atoms with Crippen molar-refractivity contribution in [1.29, 1.82) is 0 Å². The van der Waals surface area contributed by atoms with Gasteiger partial charge in [-0.1, -0.05) is 24.6 Å². The van der Waals surface area contributed by atoms with Crippen molar-refractivity contribution in [3.8, 4) is 5.75 Å². The molecule has 0 saturated heterocycles. The molecule has 1 aromatic heterocycles. The SMILES string of the molecule is Cc1nc(N)ncc1C(=O)NC1CC2(CCCCC2)Oc2ccccc21. The number of aryl methyl sites for hydroxylation is 1. The summed E-state index contributed by atoms with van der Waals surface area (Å²) in [5.74, 6) is 0.892.